The molecule has 1 rings (SSSR count). The second-order valence-electron chi connectivity index (χ2n) is 3.53. The molecule has 0 spiro atoms. The van der Waals surface area contributed by atoms with Gasteiger partial charge in [-0.05, 0) is 18.1 Å². The predicted octanol–water partition coefficient (Wildman–Crippen LogP) is 2.51. The van der Waals surface area contributed by atoms with Crippen LogP contribution in [0.4, 0.5) is 17.6 Å². The maximum atomic E-state index is 12.6. The van der Waals surface area contributed by atoms with Gasteiger partial charge in [0.05, 0.1) is 0 Å². The molecule has 1 aromatic carbocycles. The fourth-order valence-electron chi connectivity index (χ4n) is 1.20. The second kappa shape index (κ2) is 5.16. The Labute approximate surface area is 95.6 Å². The first kappa shape index (κ1) is 13.5. The normalized spacial score (nSPS) is 11.6. The summed E-state index contributed by atoms with van der Waals surface area (Å²) in [5.74, 6) is -6.61. The highest BCUT2D eigenvalue weighted by molar-refractivity contribution is 5.83. The Bertz CT molecular complexity index is 406. The molecule has 0 aromatic heterocycles. The Hall–Kier alpha value is -1.59. The van der Waals surface area contributed by atoms with E-state index in [9.17, 15) is 22.4 Å². The number of amides is 1. The van der Waals surface area contributed by atoms with Crippen molar-refractivity contribution in [1.29, 1.82) is 0 Å². The molecule has 0 saturated heterocycles. The fourth-order valence-corrected chi connectivity index (χ4v) is 1.20. The van der Waals surface area contributed by atoms with Crippen molar-refractivity contribution in [3.8, 4) is 0 Å². The summed E-state index contributed by atoms with van der Waals surface area (Å²) >= 11 is 0. The Kier molecular flexibility index (Phi) is 4.09. The first-order chi connectivity index (χ1) is 7.85. The second-order valence-corrected chi connectivity index (χ2v) is 3.53. The third-order valence-electron chi connectivity index (χ3n) is 2.28. The molecule has 1 N–H and O–H groups in total. The maximum Gasteiger partial charge on any atom is 0.383 e. The van der Waals surface area contributed by atoms with Gasteiger partial charge in [-0.2, -0.15) is 8.78 Å². The van der Waals surface area contributed by atoms with Crippen LogP contribution in [0, 0.1) is 6.92 Å². The zero-order chi connectivity index (χ0) is 13.1. The molecule has 0 heterocycles. The number of benzene rings is 1. The molecule has 1 aromatic rings. The van der Waals surface area contributed by atoms with Crippen molar-refractivity contribution in [2.45, 2.75) is 25.8 Å². The van der Waals surface area contributed by atoms with Gasteiger partial charge >= 0.3 is 12.3 Å². The Balaban J connectivity index is 2.64. The molecule has 0 aliphatic carbocycles. The lowest BCUT2D eigenvalue weighted by Gasteiger charge is -2.15. The van der Waals surface area contributed by atoms with Gasteiger partial charge in [-0.15, -0.1) is 0 Å². The van der Waals surface area contributed by atoms with Crippen molar-refractivity contribution in [2.24, 2.45) is 0 Å². The molecule has 0 saturated carbocycles. The molecule has 0 aliphatic rings. The van der Waals surface area contributed by atoms with E-state index in [0.29, 0.717) is 5.56 Å². The third-order valence-corrected chi connectivity index (χ3v) is 2.28. The molecule has 0 bridgehead atoms. The number of hydrogen-bond donors (Lipinski definition) is 1. The quantitative estimate of drug-likeness (QED) is 0.816. The van der Waals surface area contributed by atoms with E-state index in [4.69, 9.17) is 0 Å². The Morgan fingerprint density at radius 3 is 2.47 bits per heavy atom. The molecule has 0 fully saturated rings. The van der Waals surface area contributed by atoms with Gasteiger partial charge in [0, 0.05) is 6.54 Å². The number of rotatable bonds is 4. The monoisotopic (exact) mass is 249 g/mol. The molecule has 0 atom stereocenters. The van der Waals surface area contributed by atoms with Crippen LogP contribution >= 0.6 is 0 Å². The topological polar surface area (TPSA) is 29.1 Å². The van der Waals surface area contributed by atoms with Crippen molar-refractivity contribution < 1.29 is 22.4 Å². The first-order valence-corrected chi connectivity index (χ1v) is 4.84. The summed E-state index contributed by atoms with van der Waals surface area (Å²) in [6.07, 6.45) is -4.00. The Morgan fingerprint density at radius 1 is 1.35 bits per heavy atom. The number of carbonyl (C=O) groups is 1. The van der Waals surface area contributed by atoms with Crippen LogP contribution in [0.15, 0.2) is 24.3 Å². The predicted molar refractivity (Wildman–Crippen MR) is 54.0 cm³/mol. The van der Waals surface area contributed by atoms with Crippen LogP contribution in [-0.2, 0) is 11.3 Å². The summed E-state index contributed by atoms with van der Waals surface area (Å²) in [4.78, 5) is 10.8. The van der Waals surface area contributed by atoms with Gasteiger partial charge in [-0.3, -0.25) is 4.79 Å². The molecule has 2 nitrogen and oxygen atoms in total. The standard InChI is InChI=1S/C11H11F4NO/c1-7-4-2-3-5-8(7)6-16-10(17)11(14,15)9(12)13/h2-5,9H,6H2,1H3,(H,16,17). The number of halogens is 4. The molecule has 0 radical (unpaired) electrons. The van der Waals surface area contributed by atoms with Crippen LogP contribution in [-0.4, -0.2) is 18.3 Å². The van der Waals surface area contributed by atoms with E-state index in [1.807, 2.05) is 0 Å². The van der Waals surface area contributed by atoms with E-state index < -0.39 is 18.3 Å². The van der Waals surface area contributed by atoms with Crippen LogP contribution in [0.2, 0.25) is 0 Å². The number of aryl methyl sites for hydroxylation is 1. The van der Waals surface area contributed by atoms with Gasteiger partial charge in [0.25, 0.3) is 5.91 Å². The minimum Gasteiger partial charge on any atom is -0.347 e. The van der Waals surface area contributed by atoms with Crippen molar-refractivity contribution in [1.82, 2.24) is 5.32 Å². The van der Waals surface area contributed by atoms with Crippen LogP contribution < -0.4 is 5.32 Å². The van der Waals surface area contributed by atoms with E-state index in [1.165, 1.54) is 0 Å². The average molecular weight is 249 g/mol. The number of alkyl halides is 4. The summed E-state index contributed by atoms with van der Waals surface area (Å²) in [6.45, 7) is 1.53. The summed E-state index contributed by atoms with van der Waals surface area (Å²) in [6, 6.07) is 6.76. The zero-order valence-electron chi connectivity index (χ0n) is 9.01. The smallest absolute Gasteiger partial charge is 0.347 e. The molecule has 94 valence electrons. The van der Waals surface area contributed by atoms with Gasteiger partial charge in [-0.1, -0.05) is 24.3 Å². The molecular weight excluding hydrogens is 238 g/mol. The highest BCUT2D eigenvalue weighted by Gasteiger charge is 2.48. The van der Waals surface area contributed by atoms with Gasteiger partial charge < -0.3 is 5.32 Å². The van der Waals surface area contributed by atoms with Gasteiger partial charge in [0.1, 0.15) is 0 Å². The first-order valence-electron chi connectivity index (χ1n) is 4.84. The van der Waals surface area contributed by atoms with E-state index in [1.54, 1.807) is 36.5 Å². The molecular formula is C11H11F4NO. The van der Waals surface area contributed by atoms with Gasteiger partial charge in [-0.25, -0.2) is 8.78 Å². The molecule has 17 heavy (non-hydrogen) atoms. The van der Waals surface area contributed by atoms with Crippen molar-refractivity contribution in [3.05, 3.63) is 35.4 Å². The SMILES string of the molecule is Cc1ccccc1CNC(=O)C(F)(F)C(F)F. The van der Waals surface area contributed by atoms with E-state index in [2.05, 4.69) is 0 Å². The van der Waals surface area contributed by atoms with Gasteiger partial charge in [0.2, 0.25) is 0 Å². The largest absolute Gasteiger partial charge is 0.383 e. The fraction of sp³-hybridized carbons (Fsp3) is 0.364. The lowest BCUT2D eigenvalue weighted by Crippen LogP contribution is -2.44. The minimum atomic E-state index is -4.65. The highest BCUT2D eigenvalue weighted by atomic mass is 19.3. The Morgan fingerprint density at radius 2 is 1.94 bits per heavy atom. The highest BCUT2D eigenvalue weighted by Crippen LogP contribution is 2.22. The molecule has 6 heteroatoms. The van der Waals surface area contributed by atoms with Gasteiger partial charge in [0.15, 0.2) is 0 Å². The molecule has 0 aliphatic heterocycles. The molecule has 1 amide bonds. The van der Waals surface area contributed by atoms with Crippen molar-refractivity contribution in [3.63, 3.8) is 0 Å². The maximum absolute atomic E-state index is 12.6. The summed E-state index contributed by atoms with van der Waals surface area (Å²) < 4.78 is 48.9. The van der Waals surface area contributed by atoms with Crippen molar-refractivity contribution in [2.75, 3.05) is 0 Å². The molecule has 0 unspecified atom stereocenters. The third kappa shape index (κ3) is 3.18. The average Bonchev–Trinajstić information content (AvgIpc) is 2.27. The van der Waals surface area contributed by atoms with E-state index >= 15 is 0 Å². The summed E-state index contributed by atoms with van der Waals surface area (Å²) in [7, 11) is 0. The van der Waals surface area contributed by atoms with E-state index in [0.717, 1.165) is 5.56 Å². The zero-order valence-corrected chi connectivity index (χ0v) is 9.01. The summed E-state index contributed by atoms with van der Waals surface area (Å²) in [5.41, 5.74) is 1.39. The van der Waals surface area contributed by atoms with Crippen LogP contribution in [0.25, 0.3) is 0 Å². The number of hydrogen-bond acceptors (Lipinski definition) is 1. The number of carbonyl (C=O) groups excluding carboxylic acids is 1. The van der Waals surface area contributed by atoms with Crippen molar-refractivity contribution >= 4 is 5.91 Å². The number of nitrogens with one attached hydrogen (secondary N) is 1. The summed E-state index contributed by atoms with van der Waals surface area (Å²) in [5, 5.41) is 1.79. The van der Waals surface area contributed by atoms with Crippen LogP contribution in [0.5, 0.6) is 0 Å². The van der Waals surface area contributed by atoms with Crippen LogP contribution in [0.3, 0.4) is 0 Å². The lowest BCUT2D eigenvalue weighted by atomic mass is 10.1. The lowest BCUT2D eigenvalue weighted by molar-refractivity contribution is -0.169. The van der Waals surface area contributed by atoms with Crippen LogP contribution in [0.1, 0.15) is 11.1 Å². The minimum absolute atomic E-state index is 0.201. The van der Waals surface area contributed by atoms with E-state index in [-0.39, 0.29) is 6.54 Å².